The van der Waals surface area contributed by atoms with Gasteiger partial charge in [0.25, 0.3) is 0 Å². The predicted octanol–water partition coefficient (Wildman–Crippen LogP) is 7.65. The van der Waals surface area contributed by atoms with Crippen LogP contribution in [0.4, 0.5) is 0 Å². The quantitative estimate of drug-likeness (QED) is 0.221. The van der Waals surface area contributed by atoms with Crippen LogP contribution in [0.25, 0.3) is 0 Å². The summed E-state index contributed by atoms with van der Waals surface area (Å²) in [7, 11) is 0. The highest BCUT2D eigenvalue weighted by Crippen LogP contribution is 2.75. The Kier molecular flexibility index (Phi) is 11.0. The fourth-order valence-corrected chi connectivity index (χ4v) is 16.6. The zero-order chi connectivity index (χ0) is 43.3. The average molecular weight is 822 g/mol. The number of piperidine rings is 3. The first-order valence-electron chi connectivity index (χ1n) is 24.8. The molecule has 5 saturated heterocycles. The lowest BCUT2D eigenvalue weighted by Gasteiger charge is -2.52. The SMILES string of the molecule is CC12CC1N(C(C)(C)CC13CC1N(C(C)(C)CC14CC1N(C(C)(C)C)[C@H](C(C)(C)C)C4CN1CCNCC1)[C@H](C(C)(C)C)C3CN1CCOCC1)[C@H](C(C)(C)C)C2CN. The van der Waals surface area contributed by atoms with Crippen molar-refractivity contribution in [3.63, 3.8) is 0 Å². The van der Waals surface area contributed by atoms with Crippen LogP contribution in [0.1, 0.15) is 150 Å². The van der Waals surface area contributed by atoms with Crippen molar-refractivity contribution < 1.29 is 4.74 Å². The van der Waals surface area contributed by atoms with Crippen LogP contribution >= 0.6 is 0 Å². The molecule has 0 aromatic heterocycles. The molecule has 8 rings (SSSR count). The number of fused-ring (bicyclic) bond motifs is 3. The summed E-state index contributed by atoms with van der Waals surface area (Å²) in [5.74, 6) is 1.89. The first-order valence-corrected chi connectivity index (χ1v) is 24.8. The van der Waals surface area contributed by atoms with E-state index in [2.05, 4.69) is 148 Å². The van der Waals surface area contributed by atoms with Crippen molar-refractivity contribution in [1.82, 2.24) is 29.8 Å². The second kappa shape index (κ2) is 14.3. The highest BCUT2D eigenvalue weighted by Gasteiger charge is 2.79. The molecular weight excluding hydrogens is 727 g/mol. The van der Waals surface area contributed by atoms with Crippen LogP contribution in [0.5, 0.6) is 0 Å². The molecule has 8 aliphatic rings. The lowest BCUT2D eigenvalue weighted by atomic mass is 9.67. The van der Waals surface area contributed by atoms with Crippen LogP contribution in [-0.2, 0) is 4.74 Å². The van der Waals surface area contributed by atoms with Crippen molar-refractivity contribution in [2.75, 3.05) is 72.1 Å². The maximum absolute atomic E-state index is 6.74. The molecule has 340 valence electrons. The second-order valence-electron chi connectivity index (χ2n) is 28.0. The number of ether oxygens (including phenoxy) is 1. The van der Waals surface area contributed by atoms with Crippen LogP contribution in [0.15, 0.2) is 0 Å². The lowest BCUT2D eigenvalue weighted by Crippen LogP contribution is -2.59. The van der Waals surface area contributed by atoms with Gasteiger partial charge in [0.2, 0.25) is 0 Å². The Balaban J connectivity index is 1.17. The topological polar surface area (TPSA) is 63.5 Å². The smallest absolute Gasteiger partial charge is 0.0594 e. The number of hydrogen-bond acceptors (Lipinski definition) is 8. The Bertz CT molecular complexity index is 1540. The number of rotatable bonds is 11. The zero-order valence-corrected chi connectivity index (χ0v) is 41.7. The number of nitrogens with one attached hydrogen (secondary N) is 1. The van der Waals surface area contributed by atoms with Crippen LogP contribution in [0.3, 0.4) is 0 Å². The molecule has 5 heterocycles. The van der Waals surface area contributed by atoms with Gasteiger partial charge in [-0.05, 0) is 137 Å². The second-order valence-corrected chi connectivity index (χ2v) is 28.0. The van der Waals surface area contributed by atoms with E-state index in [9.17, 15) is 0 Å². The third kappa shape index (κ3) is 7.47. The molecule has 3 N–H and O–H groups in total. The van der Waals surface area contributed by atoms with Gasteiger partial charge in [-0.3, -0.25) is 19.6 Å². The molecule has 9 unspecified atom stereocenters. The van der Waals surface area contributed by atoms with Crippen molar-refractivity contribution in [3.05, 3.63) is 0 Å². The number of morpholine rings is 1. The van der Waals surface area contributed by atoms with E-state index in [1.54, 1.807) is 0 Å². The minimum Gasteiger partial charge on any atom is -0.379 e. The summed E-state index contributed by atoms with van der Waals surface area (Å²) in [5.41, 5.74) is 8.68. The van der Waals surface area contributed by atoms with Gasteiger partial charge in [-0.25, -0.2) is 0 Å². The van der Waals surface area contributed by atoms with E-state index in [0.717, 1.165) is 45.9 Å². The van der Waals surface area contributed by atoms with Crippen molar-refractivity contribution in [1.29, 1.82) is 0 Å². The summed E-state index contributed by atoms with van der Waals surface area (Å²) in [4.78, 5) is 15.1. The van der Waals surface area contributed by atoms with Gasteiger partial charge < -0.3 is 20.7 Å². The van der Waals surface area contributed by atoms with Crippen molar-refractivity contribution in [2.24, 2.45) is 56.0 Å². The predicted molar refractivity (Wildman–Crippen MR) is 247 cm³/mol. The Morgan fingerprint density at radius 2 is 0.949 bits per heavy atom. The normalized spacial score (nSPS) is 42.9. The molecule has 5 aliphatic heterocycles. The Labute approximate surface area is 364 Å². The molecule has 0 spiro atoms. The summed E-state index contributed by atoms with van der Waals surface area (Å²) in [5, 5.41) is 3.66. The molecule has 3 saturated carbocycles. The monoisotopic (exact) mass is 822 g/mol. The highest BCUT2D eigenvalue weighted by molar-refractivity contribution is 5.32. The van der Waals surface area contributed by atoms with Gasteiger partial charge in [-0.2, -0.15) is 0 Å². The number of likely N-dealkylation sites (tertiary alicyclic amines) is 3. The fraction of sp³-hybridized carbons (Fsp3) is 1.00. The van der Waals surface area contributed by atoms with Crippen LogP contribution in [-0.4, -0.2) is 149 Å². The van der Waals surface area contributed by atoms with E-state index in [1.165, 1.54) is 58.3 Å². The summed E-state index contributed by atoms with van der Waals surface area (Å²) in [6, 6.07) is 3.62. The molecular formula is C51H95N7O. The van der Waals surface area contributed by atoms with Crippen molar-refractivity contribution >= 4 is 0 Å². The molecule has 3 aliphatic carbocycles. The molecule has 0 radical (unpaired) electrons. The molecule has 59 heavy (non-hydrogen) atoms. The van der Waals surface area contributed by atoms with E-state index in [0.29, 0.717) is 70.2 Å². The molecule has 8 fully saturated rings. The number of piperazine rings is 1. The van der Waals surface area contributed by atoms with E-state index < -0.39 is 0 Å². The number of nitrogens with two attached hydrogens (primary N) is 1. The van der Waals surface area contributed by atoms with Gasteiger partial charge in [0, 0.05) is 105 Å². The maximum Gasteiger partial charge on any atom is 0.0594 e. The summed E-state index contributed by atoms with van der Waals surface area (Å²) < 4.78 is 5.97. The van der Waals surface area contributed by atoms with Gasteiger partial charge in [-0.15, -0.1) is 0 Å². The standard InChI is InChI=1S/C51H95N7O/c1-43(2,3)40-34(29-52)49(17)26-37(49)57(40)47(13,14)32-51-28-39(51)58(42(45(7,8)9)36(51)31-55-22-24-59-25-23-55)48(15,16)33-50-27-38(50)56(46(10,11)12)41(44(4,5)6)35(50)30-54-20-18-53-19-21-54/h34-42,53H,18-33,52H2,1-17H3/t34?,35?,36?,37?,38?,39?,40-,41-,42-,49?,50?,51?/m0/s1. The number of hydrogen-bond donors (Lipinski definition) is 2. The molecule has 0 aromatic rings. The van der Waals surface area contributed by atoms with E-state index in [1.807, 2.05) is 0 Å². The third-order valence-electron chi connectivity index (χ3n) is 18.6. The van der Waals surface area contributed by atoms with Crippen LogP contribution in [0.2, 0.25) is 0 Å². The Morgan fingerprint density at radius 1 is 0.542 bits per heavy atom. The van der Waals surface area contributed by atoms with E-state index in [-0.39, 0.29) is 32.9 Å². The van der Waals surface area contributed by atoms with Gasteiger partial charge >= 0.3 is 0 Å². The molecule has 0 amide bonds. The Hall–Kier alpha value is -0.320. The van der Waals surface area contributed by atoms with Crippen molar-refractivity contribution in [3.8, 4) is 0 Å². The van der Waals surface area contributed by atoms with Crippen molar-refractivity contribution in [2.45, 2.75) is 203 Å². The largest absolute Gasteiger partial charge is 0.379 e. The molecule has 8 nitrogen and oxygen atoms in total. The van der Waals surface area contributed by atoms with E-state index >= 15 is 0 Å². The first kappa shape index (κ1) is 45.3. The van der Waals surface area contributed by atoms with Gasteiger partial charge in [0.05, 0.1) is 13.2 Å². The maximum atomic E-state index is 6.74. The highest BCUT2D eigenvalue weighted by atomic mass is 16.5. The van der Waals surface area contributed by atoms with Crippen LogP contribution < -0.4 is 11.1 Å². The summed E-state index contributed by atoms with van der Waals surface area (Å²) >= 11 is 0. The minimum absolute atomic E-state index is 0.0857. The van der Waals surface area contributed by atoms with Gasteiger partial charge in [-0.1, -0.05) is 69.2 Å². The fourth-order valence-electron chi connectivity index (χ4n) is 16.6. The summed E-state index contributed by atoms with van der Waals surface area (Å²) in [6.07, 6.45) is 6.65. The third-order valence-corrected chi connectivity index (χ3v) is 18.6. The van der Waals surface area contributed by atoms with E-state index in [4.69, 9.17) is 10.5 Å². The molecule has 8 heteroatoms. The number of nitrogens with zero attached hydrogens (tertiary/aromatic N) is 5. The van der Waals surface area contributed by atoms with Gasteiger partial charge in [0.15, 0.2) is 0 Å². The lowest BCUT2D eigenvalue weighted by molar-refractivity contribution is -0.0401. The van der Waals surface area contributed by atoms with Gasteiger partial charge in [0.1, 0.15) is 0 Å². The minimum atomic E-state index is 0.0857. The zero-order valence-electron chi connectivity index (χ0n) is 41.7. The summed E-state index contributed by atoms with van der Waals surface area (Å²) in [6.45, 7) is 55.7. The first-order chi connectivity index (χ1) is 27.0. The average Bonchev–Trinajstić information content (AvgIpc) is 4.03. The Morgan fingerprint density at radius 3 is 1.39 bits per heavy atom. The molecule has 0 aromatic carbocycles. The molecule has 0 bridgehead atoms. The molecule has 12 atom stereocenters. The van der Waals surface area contributed by atoms with Crippen LogP contribution in [0, 0.1) is 50.2 Å².